The molecular weight excluding hydrogens is 130 g/mol. The lowest BCUT2D eigenvalue weighted by Gasteiger charge is -2.08. The van der Waals surface area contributed by atoms with Crippen molar-refractivity contribution in [3.63, 3.8) is 0 Å². The Morgan fingerprint density at radius 1 is 1.70 bits per heavy atom. The summed E-state index contributed by atoms with van der Waals surface area (Å²) in [7, 11) is 3.80. The second-order valence-corrected chi connectivity index (χ2v) is 2.26. The van der Waals surface area contributed by atoms with Crippen molar-refractivity contribution in [2.24, 2.45) is 0 Å². The monoisotopic (exact) mass is 147 g/mol. The van der Waals surface area contributed by atoms with Crippen LogP contribution in [-0.4, -0.2) is 38.1 Å². The van der Waals surface area contributed by atoms with E-state index in [4.69, 9.17) is 6.11 Å². The van der Waals surface area contributed by atoms with Gasteiger partial charge >= 0.3 is 5.97 Å². The van der Waals surface area contributed by atoms with Crippen LogP contribution in [0, 0.1) is 0 Å². The smallest absolute Gasteiger partial charge is 0.305 e. The molecule has 0 heterocycles. The summed E-state index contributed by atoms with van der Waals surface area (Å²) in [6.45, 7) is 2.57. The highest BCUT2D eigenvalue weighted by Gasteiger charge is 1.96. The zero-order chi connectivity index (χ0) is 8.85. The van der Waals surface area contributed by atoms with Gasteiger partial charge in [-0.05, 0) is 14.1 Å². The van der Waals surface area contributed by atoms with Gasteiger partial charge in [-0.3, -0.25) is 4.79 Å². The quantitative estimate of drug-likeness (QED) is 0.542. The predicted molar refractivity (Wildman–Crippen MR) is 39.8 cm³/mol. The molecule has 0 N–H and O–H groups in total. The highest BCUT2D eigenvalue weighted by atomic mass is 16.5. The molecule has 0 saturated carbocycles. The van der Waals surface area contributed by atoms with Gasteiger partial charge in [-0.1, -0.05) is 6.92 Å². The molecule has 0 saturated heterocycles. The van der Waals surface area contributed by atoms with Crippen molar-refractivity contribution in [1.29, 1.82) is 0 Å². The van der Waals surface area contributed by atoms with Gasteiger partial charge in [0.15, 0.2) is 0 Å². The molecule has 0 aliphatic rings. The first-order valence-corrected chi connectivity index (χ1v) is 3.27. The average molecular weight is 147 g/mol. The highest BCUT2D eigenvalue weighted by Crippen LogP contribution is 1.84. The molecule has 0 aromatic rings. The maximum absolute atomic E-state index is 10.7. The third-order valence-electron chi connectivity index (χ3n) is 1.02. The maximum atomic E-state index is 10.7. The summed E-state index contributed by atoms with van der Waals surface area (Å²) in [5.74, 6) is -0.452. The summed E-state index contributed by atoms with van der Waals surface area (Å²) >= 11 is 0. The van der Waals surface area contributed by atoms with E-state index in [9.17, 15) is 4.79 Å². The minimum Gasteiger partial charge on any atom is -0.464 e. The topological polar surface area (TPSA) is 29.5 Å². The van der Waals surface area contributed by atoms with E-state index in [-0.39, 0.29) is 0 Å². The van der Waals surface area contributed by atoms with Gasteiger partial charge in [0.2, 0.25) is 0 Å². The summed E-state index contributed by atoms with van der Waals surface area (Å²) < 4.78 is 11.7. The van der Waals surface area contributed by atoms with E-state index in [1.807, 2.05) is 19.0 Å². The second kappa shape index (κ2) is 5.23. The van der Waals surface area contributed by atoms with Crippen LogP contribution in [-0.2, 0) is 9.53 Å². The van der Waals surface area contributed by atoms with Crippen LogP contribution in [0.5, 0.6) is 0 Å². The van der Waals surface area contributed by atoms with Crippen LogP contribution in [0.2, 0.25) is 0 Å². The van der Waals surface area contributed by atoms with E-state index in [0.717, 1.165) is 0 Å². The summed E-state index contributed by atoms with van der Waals surface area (Å²) in [6, 6.07) is 0. The molecule has 0 bridgehead atoms. The molecule has 60 valence electrons. The molecule has 0 aliphatic carbocycles. The van der Waals surface area contributed by atoms with Gasteiger partial charge in [-0.25, -0.2) is 0 Å². The summed E-state index contributed by atoms with van der Waals surface area (Å²) in [5.41, 5.74) is 0. The average Bonchev–Trinajstić information content (AvgIpc) is 1.86. The van der Waals surface area contributed by atoms with Crippen molar-refractivity contribution in [2.45, 2.75) is 13.3 Å². The van der Waals surface area contributed by atoms with E-state index in [2.05, 4.69) is 0 Å². The molecule has 0 amide bonds. The minimum absolute atomic E-state index is 0.370. The Bertz CT molecular complexity index is 126. The van der Waals surface area contributed by atoms with Crippen molar-refractivity contribution in [2.75, 3.05) is 27.2 Å². The number of nitrogens with zero attached hydrogens (tertiary/aromatic N) is 1. The van der Waals surface area contributed by atoms with E-state index in [1.165, 1.54) is 6.92 Å². The molecule has 3 nitrogen and oxygen atoms in total. The standard InChI is InChI=1S/C7H15NO2/c1-4-7(9)10-6-5-8(2)3/h4-6H2,1-3H3/i4T. The van der Waals surface area contributed by atoms with Crippen LogP contribution >= 0.6 is 0 Å². The van der Waals surface area contributed by atoms with Crippen LogP contribution in [0.1, 0.15) is 14.7 Å². The number of ether oxygens (including phenoxy) is 1. The number of carbonyl (C=O) groups excluding carboxylic acids is 1. The highest BCUT2D eigenvalue weighted by molar-refractivity contribution is 5.68. The number of rotatable bonds is 4. The first-order valence-electron chi connectivity index (χ1n) is 3.85. The fraction of sp³-hybridized carbons (Fsp3) is 0.857. The van der Waals surface area contributed by atoms with Gasteiger partial charge in [0.25, 0.3) is 0 Å². The van der Waals surface area contributed by atoms with Crippen LogP contribution < -0.4 is 0 Å². The molecule has 0 spiro atoms. The van der Waals surface area contributed by atoms with E-state index in [1.54, 1.807) is 0 Å². The molecule has 1 atom stereocenters. The van der Waals surface area contributed by atoms with E-state index >= 15 is 0 Å². The number of likely N-dealkylation sites (N-methyl/N-ethyl adjacent to an activating group) is 1. The molecule has 0 aromatic heterocycles. The molecule has 0 rings (SSSR count). The van der Waals surface area contributed by atoms with Gasteiger partial charge in [0.1, 0.15) is 6.61 Å². The molecule has 0 aliphatic heterocycles. The lowest BCUT2D eigenvalue weighted by atomic mass is 10.5. The van der Waals surface area contributed by atoms with Crippen molar-refractivity contribution < 1.29 is 10.9 Å². The van der Waals surface area contributed by atoms with Crippen molar-refractivity contribution in [3.8, 4) is 0 Å². The molecular formula is C7H15NO2. The normalized spacial score (nSPS) is 14.6. The van der Waals surface area contributed by atoms with Gasteiger partial charge < -0.3 is 9.64 Å². The van der Waals surface area contributed by atoms with Crippen LogP contribution in [0.25, 0.3) is 0 Å². The zero-order valence-corrected chi connectivity index (χ0v) is 6.76. The summed E-state index contributed by atoms with van der Waals surface area (Å²) in [4.78, 5) is 12.6. The lowest BCUT2D eigenvalue weighted by Crippen LogP contribution is -2.19. The molecule has 0 fully saturated rings. The third kappa shape index (κ3) is 5.56. The van der Waals surface area contributed by atoms with Gasteiger partial charge in [-0.2, -0.15) is 0 Å². The Balaban J connectivity index is 3.32. The Morgan fingerprint density at radius 3 is 2.70 bits per heavy atom. The predicted octanol–water partition coefficient (Wildman–Crippen LogP) is 0.501. The zero-order valence-electron chi connectivity index (χ0n) is 7.76. The third-order valence-corrected chi connectivity index (χ3v) is 1.02. The van der Waals surface area contributed by atoms with Crippen LogP contribution in [0.3, 0.4) is 0 Å². The number of hydrogen-bond donors (Lipinski definition) is 0. The molecule has 0 aromatic carbocycles. The van der Waals surface area contributed by atoms with Gasteiger partial charge in [0, 0.05) is 14.3 Å². The second-order valence-electron chi connectivity index (χ2n) is 2.26. The Kier molecular flexibility index (Phi) is 3.94. The molecule has 10 heavy (non-hydrogen) atoms. The number of carbonyl (C=O) groups is 1. The van der Waals surface area contributed by atoms with Crippen LogP contribution in [0.4, 0.5) is 0 Å². The van der Waals surface area contributed by atoms with Crippen molar-refractivity contribution in [3.05, 3.63) is 0 Å². The Hall–Kier alpha value is -0.570. The van der Waals surface area contributed by atoms with Crippen molar-refractivity contribution >= 4 is 5.97 Å². The minimum atomic E-state index is -0.767. The van der Waals surface area contributed by atoms with Crippen molar-refractivity contribution in [1.82, 2.24) is 4.90 Å². The maximum Gasteiger partial charge on any atom is 0.305 e. The molecule has 3 heteroatoms. The SMILES string of the molecule is [3H]C(C)C(=O)OCCN(C)C. The summed E-state index contributed by atoms with van der Waals surface area (Å²) in [6.07, 6.45) is -0.767. The van der Waals surface area contributed by atoms with Crippen LogP contribution in [0.15, 0.2) is 0 Å². The molecule has 1 unspecified atom stereocenters. The fourth-order valence-corrected chi connectivity index (χ4v) is 0.412. The first-order chi connectivity index (χ1) is 5.04. The lowest BCUT2D eigenvalue weighted by molar-refractivity contribution is -0.143. The first kappa shape index (κ1) is 7.54. The largest absolute Gasteiger partial charge is 0.464 e. The van der Waals surface area contributed by atoms with Gasteiger partial charge in [-0.15, -0.1) is 0 Å². The van der Waals surface area contributed by atoms with E-state index < -0.39 is 12.4 Å². The fourth-order valence-electron chi connectivity index (χ4n) is 0.412. The Morgan fingerprint density at radius 2 is 2.30 bits per heavy atom. The number of esters is 1. The number of hydrogen-bond acceptors (Lipinski definition) is 3. The summed E-state index contributed by atoms with van der Waals surface area (Å²) in [5, 5.41) is 0. The van der Waals surface area contributed by atoms with Gasteiger partial charge in [0.05, 0.1) is 0 Å². The van der Waals surface area contributed by atoms with E-state index in [0.29, 0.717) is 13.2 Å². The molecule has 0 radical (unpaired) electrons. The Labute approximate surface area is 63.4 Å².